The van der Waals surface area contributed by atoms with Gasteiger partial charge in [0.2, 0.25) is 21.8 Å². The van der Waals surface area contributed by atoms with Crippen LogP contribution in [0.4, 0.5) is 10.5 Å². The molecule has 0 heterocycles. The minimum Gasteiger partial charge on any atom is -0.446 e. The van der Waals surface area contributed by atoms with Gasteiger partial charge in [-0.15, -0.1) is 6.58 Å². The van der Waals surface area contributed by atoms with Gasteiger partial charge in [0.25, 0.3) is 5.91 Å². The van der Waals surface area contributed by atoms with Gasteiger partial charge < -0.3 is 15.0 Å². The minimum atomic E-state index is -3.84. The zero-order chi connectivity index (χ0) is 31.4. The summed E-state index contributed by atoms with van der Waals surface area (Å²) in [5, 5.41) is 13.8. The highest BCUT2D eigenvalue weighted by atomic mass is 32.2. The van der Waals surface area contributed by atoms with Crippen LogP contribution >= 0.6 is 0 Å². The summed E-state index contributed by atoms with van der Waals surface area (Å²) in [5.41, 5.74) is -0.769. The van der Waals surface area contributed by atoms with E-state index in [9.17, 15) is 27.6 Å². The van der Waals surface area contributed by atoms with Crippen LogP contribution in [0, 0.1) is 29.1 Å². The highest BCUT2D eigenvalue weighted by molar-refractivity contribution is 7.91. The van der Waals surface area contributed by atoms with E-state index in [1.54, 1.807) is 30.1 Å². The normalized spacial score (nSPS) is 26.0. The number of amides is 4. The third kappa shape index (κ3) is 7.54. The third-order valence-electron chi connectivity index (χ3n) is 8.41. The summed E-state index contributed by atoms with van der Waals surface area (Å²) < 4.78 is 32.7. The summed E-state index contributed by atoms with van der Waals surface area (Å²) in [6.45, 7) is 6.27. The van der Waals surface area contributed by atoms with Gasteiger partial charge in [-0.3, -0.25) is 24.4 Å². The fourth-order valence-electron chi connectivity index (χ4n) is 5.64. The third-order valence-corrected chi connectivity index (χ3v) is 10.2. The molecule has 1 aromatic carbocycles. The Morgan fingerprint density at radius 1 is 1.21 bits per heavy atom. The van der Waals surface area contributed by atoms with E-state index in [4.69, 9.17) is 10.00 Å². The molecular weight excluding hydrogens is 574 g/mol. The van der Waals surface area contributed by atoms with Crippen LogP contribution in [0.15, 0.2) is 36.9 Å². The molecule has 4 amide bonds. The number of sulfonamides is 1. The molecule has 1 aromatic rings. The van der Waals surface area contributed by atoms with Gasteiger partial charge in [0.05, 0.1) is 28.7 Å². The lowest BCUT2D eigenvalue weighted by molar-refractivity contribution is -0.140. The Balaban J connectivity index is 0.00000353. The molecule has 4 rings (SSSR count). The highest BCUT2D eigenvalue weighted by Gasteiger charge is 2.62. The maximum absolute atomic E-state index is 13.7. The first-order chi connectivity index (χ1) is 20.4. The van der Waals surface area contributed by atoms with Gasteiger partial charge in [0, 0.05) is 29.5 Å². The summed E-state index contributed by atoms with van der Waals surface area (Å²) in [6, 6.07) is 8.29. The standard InChI is InChI=1S/C30H39N5O7S.3H2/c1-4-6-7-13-35(3)27(37)25-16-22(42-29(39)32-21-10-8-9-19(14-21)18-31)15-24(25)26(36)33-30(17-20(30)5-2)28(38)34-43(40,41)23-11-12-23;;;/h5,8-10,14,20,22-25H,2,4,6-7,11-13,15-17H2,1,3H3,(H,32,39)(H,33,36)(H,34,38);3*1H/t20-,22-,24-,25-,30-;;;/m1.../s1. The van der Waals surface area contributed by atoms with Crippen LogP contribution < -0.4 is 15.4 Å². The lowest BCUT2D eigenvalue weighted by atomic mass is 9.93. The average Bonchev–Trinajstić information content (AvgIpc) is 3.89. The topological polar surface area (TPSA) is 175 Å². The molecule has 3 N–H and O–H groups in total. The maximum atomic E-state index is 13.7. The van der Waals surface area contributed by atoms with Crippen molar-refractivity contribution in [2.45, 2.75) is 75.2 Å². The Hall–Kier alpha value is -3.92. The van der Waals surface area contributed by atoms with Gasteiger partial charge in [-0.25, -0.2) is 13.2 Å². The van der Waals surface area contributed by atoms with E-state index in [1.165, 1.54) is 12.1 Å². The molecule has 0 aliphatic heterocycles. The number of nitrogens with one attached hydrogen (secondary N) is 3. The number of hydrogen-bond donors (Lipinski definition) is 3. The molecular formula is C30H45N5O7S. The van der Waals surface area contributed by atoms with Crippen LogP contribution in [0.5, 0.6) is 0 Å². The second-order valence-corrected chi connectivity index (χ2v) is 13.6. The first-order valence-electron chi connectivity index (χ1n) is 14.7. The molecule has 0 spiro atoms. The van der Waals surface area contributed by atoms with E-state index in [0.717, 1.165) is 19.3 Å². The Morgan fingerprint density at radius 3 is 2.56 bits per heavy atom. The number of ether oxygens (including phenoxy) is 1. The summed E-state index contributed by atoms with van der Waals surface area (Å²) in [4.78, 5) is 54.7. The van der Waals surface area contributed by atoms with Crippen molar-refractivity contribution < 1.29 is 36.6 Å². The fraction of sp³-hybridized carbons (Fsp3) is 0.567. The second kappa shape index (κ2) is 13.2. The van der Waals surface area contributed by atoms with Gasteiger partial charge in [0.15, 0.2) is 0 Å². The molecule has 43 heavy (non-hydrogen) atoms. The number of carbonyl (C=O) groups excluding carboxylic acids is 4. The first kappa shape index (κ1) is 32.0. The maximum Gasteiger partial charge on any atom is 0.411 e. The molecule has 3 aliphatic rings. The van der Waals surface area contributed by atoms with E-state index in [0.29, 0.717) is 30.6 Å². The van der Waals surface area contributed by atoms with Gasteiger partial charge in [-0.1, -0.05) is 31.9 Å². The van der Waals surface area contributed by atoms with E-state index in [-0.39, 0.29) is 29.4 Å². The lowest BCUT2D eigenvalue weighted by Crippen LogP contribution is -2.54. The molecule has 5 atom stereocenters. The van der Waals surface area contributed by atoms with Crippen molar-refractivity contribution in [3.8, 4) is 6.07 Å². The van der Waals surface area contributed by atoms with E-state index in [2.05, 4.69) is 28.9 Å². The molecule has 3 aliphatic carbocycles. The molecule has 0 saturated heterocycles. The monoisotopic (exact) mass is 619 g/mol. The number of unbranched alkanes of at least 4 members (excludes halogenated alkanes) is 2. The smallest absolute Gasteiger partial charge is 0.411 e. The van der Waals surface area contributed by atoms with Gasteiger partial charge >= 0.3 is 6.09 Å². The zero-order valence-corrected chi connectivity index (χ0v) is 25.3. The number of carbonyl (C=O) groups is 4. The van der Waals surface area contributed by atoms with Gasteiger partial charge in [-0.05, 0) is 56.7 Å². The quantitative estimate of drug-likeness (QED) is 0.222. The number of hydrogen-bond acceptors (Lipinski definition) is 8. The number of nitrogens with zero attached hydrogens (tertiary/aromatic N) is 2. The molecule has 0 aromatic heterocycles. The Kier molecular flexibility index (Phi) is 9.79. The second-order valence-electron chi connectivity index (χ2n) is 11.7. The summed E-state index contributed by atoms with van der Waals surface area (Å²) >= 11 is 0. The Morgan fingerprint density at radius 2 is 1.93 bits per heavy atom. The molecule has 12 nitrogen and oxygen atoms in total. The van der Waals surface area contributed by atoms with Crippen LogP contribution in [0.2, 0.25) is 0 Å². The highest BCUT2D eigenvalue weighted by Crippen LogP contribution is 2.46. The van der Waals surface area contributed by atoms with Crippen molar-refractivity contribution >= 4 is 39.5 Å². The first-order valence-corrected chi connectivity index (χ1v) is 16.2. The molecule has 13 heteroatoms. The summed E-state index contributed by atoms with van der Waals surface area (Å²) in [6.07, 6.45) is 3.91. The predicted octanol–water partition coefficient (Wildman–Crippen LogP) is 3.56. The average molecular weight is 620 g/mol. The zero-order valence-electron chi connectivity index (χ0n) is 24.5. The van der Waals surface area contributed by atoms with Crippen molar-refractivity contribution in [1.29, 1.82) is 5.26 Å². The predicted molar refractivity (Wildman–Crippen MR) is 164 cm³/mol. The SMILES string of the molecule is C=C[C@@H]1C[C@]1(NC(=O)[C@@H]1C[C@@H](OC(=O)Nc2cccc(C#N)c2)C[C@H]1C(=O)N(C)CCCCC)C(=O)NS(=O)(=O)C1CC1.[HH].[HH].[HH]. The largest absolute Gasteiger partial charge is 0.446 e. The van der Waals surface area contributed by atoms with Crippen LogP contribution in [0.1, 0.15) is 68.1 Å². The van der Waals surface area contributed by atoms with E-state index >= 15 is 0 Å². The lowest BCUT2D eigenvalue weighted by Gasteiger charge is -2.26. The van der Waals surface area contributed by atoms with Crippen LogP contribution in [-0.2, 0) is 29.1 Å². The molecule has 3 saturated carbocycles. The van der Waals surface area contributed by atoms with Crippen LogP contribution in [0.25, 0.3) is 0 Å². The van der Waals surface area contributed by atoms with Crippen molar-refractivity contribution in [1.82, 2.24) is 14.9 Å². The number of rotatable bonds is 13. The molecule has 238 valence electrons. The van der Waals surface area contributed by atoms with Crippen molar-refractivity contribution in [3.63, 3.8) is 0 Å². The number of nitriles is 1. The summed E-state index contributed by atoms with van der Waals surface area (Å²) in [7, 11) is -2.17. The number of anilines is 1. The van der Waals surface area contributed by atoms with E-state index < -0.39 is 62.6 Å². The Bertz CT molecular complexity index is 1440. The van der Waals surface area contributed by atoms with Gasteiger partial charge in [0.1, 0.15) is 11.6 Å². The van der Waals surface area contributed by atoms with Crippen molar-refractivity contribution in [2.24, 2.45) is 17.8 Å². The van der Waals surface area contributed by atoms with Crippen LogP contribution in [0.3, 0.4) is 0 Å². The Labute approximate surface area is 256 Å². The number of benzene rings is 1. The molecule has 3 fully saturated rings. The van der Waals surface area contributed by atoms with Crippen molar-refractivity contribution in [3.05, 3.63) is 42.5 Å². The van der Waals surface area contributed by atoms with Crippen molar-refractivity contribution in [2.75, 3.05) is 18.9 Å². The molecule has 0 radical (unpaired) electrons. The molecule has 0 unspecified atom stereocenters. The van der Waals surface area contributed by atoms with Crippen LogP contribution in [-0.4, -0.2) is 67.6 Å². The molecule has 0 bridgehead atoms. The minimum absolute atomic E-state index is 0. The summed E-state index contributed by atoms with van der Waals surface area (Å²) in [5.74, 6) is -3.88. The van der Waals surface area contributed by atoms with E-state index in [1.807, 2.05) is 6.07 Å². The fourth-order valence-corrected chi connectivity index (χ4v) is 7.00. The van der Waals surface area contributed by atoms with Gasteiger partial charge in [-0.2, -0.15) is 5.26 Å².